The number of hydrogen-bond acceptors (Lipinski definition) is 4. The van der Waals surface area contributed by atoms with E-state index in [0.29, 0.717) is 6.04 Å². The Bertz CT molecular complexity index is 582. The molecule has 100 valence electrons. The lowest BCUT2D eigenvalue weighted by molar-refractivity contribution is 0.459. The molecule has 2 aromatic rings. The Hall–Kier alpha value is -0.530. The molecule has 1 N–H and O–H groups in total. The highest BCUT2D eigenvalue weighted by atomic mass is 127. The van der Waals surface area contributed by atoms with E-state index in [9.17, 15) is 0 Å². The number of hydrogen-bond donors (Lipinski definition) is 1. The molecule has 0 saturated heterocycles. The summed E-state index contributed by atoms with van der Waals surface area (Å²) in [7, 11) is 0. The van der Waals surface area contributed by atoms with Gasteiger partial charge in [0, 0.05) is 23.7 Å². The van der Waals surface area contributed by atoms with Gasteiger partial charge in [0.05, 0.1) is 8.58 Å². The second-order valence-corrected chi connectivity index (χ2v) is 7.88. The van der Waals surface area contributed by atoms with Gasteiger partial charge in [0.25, 0.3) is 0 Å². The molecular weight excluding hydrogens is 369 g/mol. The summed E-state index contributed by atoms with van der Waals surface area (Å²) < 4.78 is 1.40. The van der Waals surface area contributed by atoms with Gasteiger partial charge >= 0.3 is 0 Å². The lowest BCUT2D eigenvalue weighted by Crippen LogP contribution is -2.24. The van der Waals surface area contributed by atoms with Crippen LogP contribution in [0.1, 0.15) is 40.8 Å². The summed E-state index contributed by atoms with van der Waals surface area (Å²) in [5.74, 6) is 0.841. The fourth-order valence-corrected chi connectivity index (χ4v) is 4.68. The fourth-order valence-electron chi connectivity index (χ4n) is 2.56. The number of aryl methyl sites for hydroxylation is 2. The van der Waals surface area contributed by atoms with Gasteiger partial charge in [-0.3, -0.25) is 0 Å². The normalized spacial score (nSPS) is 18.3. The number of fused-ring (bicyclic) bond motifs is 1. The Morgan fingerprint density at radius 1 is 1.53 bits per heavy atom. The minimum Gasteiger partial charge on any atom is -0.304 e. The zero-order valence-electron chi connectivity index (χ0n) is 10.8. The first-order valence-electron chi connectivity index (χ1n) is 6.52. The lowest BCUT2D eigenvalue weighted by Gasteiger charge is -2.23. The van der Waals surface area contributed by atoms with Crippen LogP contribution < -0.4 is 5.32 Å². The second-order valence-electron chi connectivity index (χ2n) is 4.85. The molecule has 0 amide bonds. The van der Waals surface area contributed by atoms with Crippen LogP contribution in [0.2, 0.25) is 0 Å². The quantitative estimate of drug-likeness (QED) is 0.821. The van der Waals surface area contributed by atoms with E-state index in [-0.39, 0.29) is 0 Å². The zero-order valence-corrected chi connectivity index (χ0v) is 13.8. The maximum Gasteiger partial charge on any atom is 0.125 e. The molecule has 1 atom stereocenters. The molecule has 0 saturated carbocycles. The third-order valence-electron chi connectivity index (χ3n) is 3.45. The SMILES string of the molecule is Cc1nccc(CNC2CCCc3sc(I)cc32)n1. The van der Waals surface area contributed by atoms with Crippen molar-refractivity contribution in [2.45, 2.75) is 38.8 Å². The van der Waals surface area contributed by atoms with Crippen molar-refractivity contribution in [3.05, 3.63) is 43.2 Å². The Morgan fingerprint density at radius 3 is 3.26 bits per heavy atom. The average molecular weight is 385 g/mol. The van der Waals surface area contributed by atoms with Crippen molar-refractivity contribution in [3.63, 3.8) is 0 Å². The molecule has 19 heavy (non-hydrogen) atoms. The van der Waals surface area contributed by atoms with Gasteiger partial charge in [-0.2, -0.15) is 0 Å². The maximum atomic E-state index is 4.45. The van der Waals surface area contributed by atoms with Crippen LogP contribution in [0.25, 0.3) is 0 Å². The van der Waals surface area contributed by atoms with Crippen LogP contribution in [0.15, 0.2) is 18.3 Å². The molecule has 3 nitrogen and oxygen atoms in total. The van der Waals surface area contributed by atoms with Gasteiger partial charge < -0.3 is 5.32 Å². The monoisotopic (exact) mass is 385 g/mol. The minimum atomic E-state index is 0.485. The first kappa shape index (κ1) is 13.5. The van der Waals surface area contributed by atoms with Crippen molar-refractivity contribution < 1.29 is 0 Å². The molecule has 1 aliphatic carbocycles. The van der Waals surface area contributed by atoms with Crippen LogP contribution in [-0.4, -0.2) is 9.97 Å². The van der Waals surface area contributed by atoms with Crippen molar-refractivity contribution in [2.75, 3.05) is 0 Å². The number of nitrogens with one attached hydrogen (secondary N) is 1. The van der Waals surface area contributed by atoms with Gasteiger partial charge in [0.2, 0.25) is 0 Å². The van der Waals surface area contributed by atoms with Gasteiger partial charge in [0.1, 0.15) is 5.82 Å². The second kappa shape index (κ2) is 5.85. The van der Waals surface area contributed by atoms with Crippen LogP contribution in [0, 0.1) is 9.81 Å². The van der Waals surface area contributed by atoms with Gasteiger partial charge in [-0.1, -0.05) is 0 Å². The van der Waals surface area contributed by atoms with E-state index in [1.54, 1.807) is 4.88 Å². The summed E-state index contributed by atoms with van der Waals surface area (Å²) >= 11 is 4.36. The third-order valence-corrected chi connectivity index (χ3v) is 5.42. The molecule has 0 aliphatic heterocycles. The summed E-state index contributed by atoms with van der Waals surface area (Å²) in [6, 6.07) is 4.81. The summed E-state index contributed by atoms with van der Waals surface area (Å²) in [5.41, 5.74) is 2.58. The fraction of sp³-hybridized carbons (Fsp3) is 0.429. The number of aromatic nitrogens is 2. The highest BCUT2D eigenvalue weighted by molar-refractivity contribution is 14.1. The lowest BCUT2D eigenvalue weighted by atomic mass is 9.94. The predicted molar refractivity (Wildman–Crippen MR) is 86.3 cm³/mol. The van der Waals surface area contributed by atoms with Crippen molar-refractivity contribution in [1.82, 2.24) is 15.3 Å². The molecule has 5 heteroatoms. The molecule has 0 fully saturated rings. The first-order valence-corrected chi connectivity index (χ1v) is 8.42. The minimum absolute atomic E-state index is 0.485. The van der Waals surface area contributed by atoms with E-state index < -0.39 is 0 Å². The molecule has 0 radical (unpaired) electrons. The van der Waals surface area contributed by atoms with E-state index >= 15 is 0 Å². The topological polar surface area (TPSA) is 37.8 Å². The predicted octanol–water partition coefficient (Wildman–Crippen LogP) is 3.62. The number of halogens is 1. The van der Waals surface area contributed by atoms with Gasteiger partial charge in [-0.05, 0) is 66.5 Å². The van der Waals surface area contributed by atoms with E-state index in [0.717, 1.165) is 18.1 Å². The largest absolute Gasteiger partial charge is 0.304 e. The molecule has 0 aromatic carbocycles. The Kier molecular flexibility index (Phi) is 4.14. The molecule has 0 bridgehead atoms. The van der Waals surface area contributed by atoms with Crippen molar-refractivity contribution in [3.8, 4) is 0 Å². The zero-order chi connectivity index (χ0) is 13.2. The summed E-state index contributed by atoms with van der Waals surface area (Å²) in [6.07, 6.45) is 5.58. The van der Waals surface area contributed by atoms with Crippen LogP contribution in [-0.2, 0) is 13.0 Å². The molecule has 2 heterocycles. The Morgan fingerprint density at radius 2 is 2.42 bits per heavy atom. The standard InChI is InChI=1S/C14H16IN3S/c1-9-16-6-5-10(18-9)8-17-12-3-2-4-13-11(12)7-14(15)19-13/h5-7,12,17H,2-4,8H2,1H3. The van der Waals surface area contributed by atoms with Crippen LogP contribution >= 0.6 is 33.9 Å². The summed E-state index contributed by atoms with van der Waals surface area (Å²) in [4.78, 5) is 10.1. The van der Waals surface area contributed by atoms with Gasteiger partial charge in [-0.15, -0.1) is 11.3 Å². The summed E-state index contributed by atoms with van der Waals surface area (Å²) in [6.45, 7) is 2.75. The molecule has 0 spiro atoms. The number of thiophene rings is 1. The first-order chi connectivity index (χ1) is 9.22. The van der Waals surface area contributed by atoms with Gasteiger partial charge in [0.15, 0.2) is 0 Å². The van der Waals surface area contributed by atoms with E-state index in [4.69, 9.17) is 0 Å². The van der Waals surface area contributed by atoms with E-state index in [1.165, 1.54) is 27.7 Å². The third kappa shape index (κ3) is 3.14. The van der Waals surface area contributed by atoms with Crippen LogP contribution in [0.3, 0.4) is 0 Å². The Labute approximate surface area is 131 Å². The molecule has 2 aromatic heterocycles. The summed E-state index contributed by atoms with van der Waals surface area (Å²) in [5, 5.41) is 3.65. The molecule has 1 aliphatic rings. The highest BCUT2D eigenvalue weighted by Gasteiger charge is 2.22. The maximum absolute atomic E-state index is 4.45. The average Bonchev–Trinajstić information content (AvgIpc) is 2.77. The van der Waals surface area contributed by atoms with Gasteiger partial charge in [-0.25, -0.2) is 9.97 Å². The number of rotatable bonds is 3. The molecular formula is C14H16IN3S. The van der Waals surface area contributed by atoms with Crippen molar-refractivity contribution in [1.29, 1.82) is 0 Å². The molecule has 1 unspecified atom stereocenters. The smallest absolute Gasteiger partial charge is 0.125 e. The van der Waals surface area contributed by atoms with Crippen LogP contribution in [0.4, 0.5) is 0 Å². The van der Waals surface area contributed by atoms with E-state index in [1.807, 2.05) is 30.5 Å². The van der Waals surface area contributed by atoms with Crippen LogP contribution in [0.5, 0.6) is 0 Å². The van der Waals surface area contributed by atoms with E-state index in [2.05, 4.69) is 43.9 Å². The Balaban J connectivity index is 1.71. The molecule has 3 rings (SSSR count). The number of nitrogens with zero attached hydrogens (tertiary/aromatic N) is 2. The van der Waals surface area contributed by atoms with Crippen molar-refractivity contribution in [2.24, 2.45) is 0 Å². The highest BCUT2D eigenvalue weighted by Crippen LogP contribution is 2.36. The van der Waals surface area contributed by atoms with Crippen molar-refractivity contribution >= 4 is 33.9 Å².